The van der Waals surface area contributed by atoms with Gasteiger partial charge in [0.15, 0.2) is 6.73 Å². The van der Waals surface area contributed by atoms with Crippen molar-refractivity contribution in [2.45, 2.75) is 18.6 Å². The minimum Gasteiger partial charge on any atom is -0.470 e. The van der Waals surface area contributed by atoms with Gasteiger partial charge in [-0.05, 0) is 25.1 Å². The number of piperazine rings is 1. The highest BCUT2D eigenvalue weighted by Crippen LogP contribution is 2.24. The van der Waals surface area contributed by atoms with Gasteiger partial charge in [0.1, 0.15) is 16.3 Å². The third kappa shape index (κ3) is 4.23. The first kappa shape index (κ1) is 22.3. The van der Waals surface area contributed by atoms with Gasteiger partial charge in [-0.2, -0.15) is 14.5 Å². The lowest BCUT2D eigenvalue weighted by Crippen LogP contribution is -2.50. The number of aromatic nitrogens is 4. The van der Waals surface area contributed by atoms with E-state index in [4.69, 9.17) is 16.3 Å². The van der Waals surface area contributed by atoms with Gasteiger partial charge in [0.25, 0.3) is 5.91 Å². The average Bonchev–Trinajstić information content (AvgIpc) is 3.39. The van der Waals surface area contributed by atoms with Crippen molar-refractivity contribution in [3.05, 3.63) is 59.1 Å². The lowest BCUT2D eigenvalue weighted by molar-refractivity contribution is 0.0675. The fourth-order valence-electron chi connectivity index (χ4n) is 3.47. The number of nitrogens with zero attached hydrogens (tertiary/aromatic N) is 6. The van der Waals surface area contributed by atoms with Crippen LogP contribution in [0.15, 0.2) is 47.6 Å². The van der Waals surface area contributed by atoms with E-state index in [-0.39, 0.29) is 43.7 Å². The molecule has 0 saturated carbocycles. The number of aryl methyl sites for hydroxylation is 1. The van der Waals surface area contributed by atoms with Crippen molar-refractivity contribution in [2.75, 3.05) is 26.2 Å². The molecule has 1 aliphatic heterocycles. The Bertz CT molecular complexity index is 1230. The van der Waals surface area contributed by atoms with Gasteiger partial charge in [0, 0.05) is 39.4 Å². The number of para-hydroxylation sites is 1. The van der Waals surface area contributed by atoms with Crippen molar-refractivity contribution in [3.63, 3.8) is 0 Å². The number of rotatable bonds is 6. The first-order chi connectivity index (χ1) is 15.3. The molecule has 0 bridgehead atoms. The maximum Gasteiger partial charge on any atom is 0.272 e. The Morgan fingerprint density at radius 2 is 1.84 bits per heavy atom. The topological polar surface area (TPSA) is 103 Å². The third-order valence-corrected chi connectivity index (χ3v) is 7.76. The van der Waals surface area contributed by atoms with Crippen molar-refractivity contribution < 1.29 is 17.9 Å². The molecule has 4 rings (SSSR count). The molecule has 0 N–H and O–H groups in total. The number of sulfonamides is 1. The van der Waals surface area contributed by atoms with Crippen LogP contribution in [0.3, 0.4) is 0 Å². The summed E-state index contributed by atoms with van der Waals surface area (Å²) >= 11 is 6.11. The van der Waals surface area contributed by atoms with Gasteiger partial charge >= 0.3 is 0 Å². The van der Waals surface area contributed by atoms with Crippen LogP contribution in [0.5, 0.6) is 5.75 Å². The zero-order valence-electron chi connectivity index (χ0n) is 17.7. The number of carbonyl (C=O) groups excluding carboxylic acids is 1. The largest absolute Gasteiger partial charge is 0.470 e. The molecule has 32 heavy (non-hydrogen) atoms. The Hall–Kier alpha value is -2.89. The van der Waals surface area contributed by atoms with E-state index in [2.05, 4.69) is 10.2 Å². The third-order valence-electron chi connectivity index (χ3n) is 5.45. The van der Waals surface area contributed by atoms with Crippen LogP contribution in [0.4, 0.5) is 0 Å². The summed E-state index contributed by atoms with van der Waals surface area (Å²) in [5.74, 6) is 0.257. The molecule has 10 nitrogen and oxygen atoms in total. The van der Waals surface area contributed by atoms with Crippen LogP contribution < -0.4 is 4.74 Å². The molecule has 1 fully saturated rings. The second kappa shape index (κ2) is 8.93. The molecule has 12 heteroatoms. The van der Waals surface area contributed by atoms with Gasteiger partial charge in [-0.1, -0.05) is 23.7 Å². The van der Waals surface area contributed by atoms with Crippen molar-refractivity contribution in [1.29, 1.82) is 0 Å². The summed E-state index contributed by atoms with van der Waals surface area (Å²) in [6, 6.07) is 8.66. The van der Waals surface area contributed by atoms with E-state index in [0.29, 0.717) is 22.2 Å². The molecule has 1 amide bonds. The van der Waals surface area contributed by atoms with Crippen LogP contribution in [-0.4, -0.2) is 69.3 Å². The molecule has 170 valence electrons. The molecule has 1 saturated heterocycles. The molecular formula is C20H23ClN6O4S. The molecule has 0 atom stereocenters. The summed E-state index contributed by atoms with van der Waals surface area (Å²) in [5.41, 5.74) is 0.933. The molecule has 0 radical (unpaired) electrons. The summed E-state index contributed by atoms with van der Waals surface area (Å²) in [4.78, 5) is 14.9. The predicted molar refractivity (Wildman–Crippen MR) is 117 cm³/mol. The number of ether oxygens (including phenoxy) is 1. The SMILES string of the molecule is Cc1c(S(=O)(=O)N2CCN(C(=O)c3ccnn3COc3ccccc3Cl)CC2)cnn1C. The van der Waals surface area contributed by atoms with E-state index in [1.165, 1.54) is 26.1 Å². The monoisotopic (exact) mass is 478 g/mol. The molecule has 0 spiro atoms. The number of hydrogen-bond donors (Lipinski definition) is 0. The minimum absolute atomic E-state index is 0.0203. The number of carbonyl (C=O) groups is 1. The van der Waals surface area contributed by atoms with E-state index in [1.807, 2.05) is 0 Å². The molecule has 0 aliphatic carbocycles. The van der Waals surface area contributed by atoms with E-state index < -0.39 is 10.0 Å². The zero-order valence-corrected chi connectivity index (χ0v) is 19.3. The van der Waals surface area contributed by atoms with Crippen LogP contribution in [0, 0.1) is 6.92 Å². The summed E-state index contributed by atoms with van der Waals surface area (Å²) in [6.45, 7) is 2.68. The highest BCUT2D eigenvalue weighted by molar-refractivity contribution is 7.89. The molecular weight excluding hydrogens is 456 g/mol. The standard InChI is InChI=1S/C20H23ClN6O4S/c1-15-19(13-23-24(15)2)32(29,30)26-11-9-25(10-12-26)20(28)17-7-8-22-27(17)14-31-18-6-4-3-5-16(18)21/h3-8,13H,9-12,14H2,1-2H3. The average molecular weight is 479 g/mol. The first-order valence-corrected chi connectivity index (χ1v) is 11.8. The van der Waals surface area contributed by atoms with Gasteiger partial charge < -0.3 is 9.64 Å². The van der Waals surface area contributed by atoms with E-state index in [9.17, 15) is 13.2 Å². The van der Waals surface area contributed by atoms with Crippen LogP contribution in [0.2, 0.25) is 5.02 Å². The van der Waals surface area contributed by atoms with Gasteiger partial charge in [0.05, 0.1) is 16.9 Å². The molecule has 3 aromatic rings. The number of amides is 1. The Morgan fingerprint density at radius 1 is 1.12 bits per heavy atom. The summed E-state index contributed by atoms with van der Waals surface area (Å²) < 4.78 is 36.0. The van der Waals surface area contributed by atoms with Crippen LogP contribution >= 0.6 is 11.6 Å². The lowest BCUT2D eigenvalue weighted by Gasteiger charge is -2.33. The number of hydrogen-bond acceptors (Lipinski definition) is 6. The Labute approximate surface area is 191 Å². The normalized spacial score (nSPS) is 15.2. The quantitative estimate of drug-likeness (QED) is 0.535. The number of benzene rings is 1. The van der Waals surface area contributed by atoms with Gasteiger partial charge in [0.2, 0.25) is 10.0 Å². The molecule has 2 aromatic heterocycles. The minimum atomic E-state index is -3.66. The van der Waals surface area contributed by atoms with Gasteiger partial charge in [-0.3, -0.25) is 9.48 Å². The first-order valence-electron chi connectivity index (χ1n) is 9.96. The van der Waals surface area contributed by atoms with Crippen LogP contribution in [0.25, 0.3) is 0 Å². The van der Waals surface area contributed by atoms with Gasteiger partial charge in [-0.25, -0.2) is 13.1 Å². The second-order valence-electron chi connectivity index (χ2n) is 7.33. The fourth-order valence-corrected chi connectivity index (χ4v) is 5.27. The van der Waals surface area contributed by atoms with Gasteiger partial charge in [-0.15, -0.1) is 0 Å². The van der Waals surface area contributed by atoms with Crippen molar-refractivity contribution in [3.8, 4) is 5.75 Å². The zero-order chi connectivity index (χ0) is 22.9. The maximum absolute atomic E-state index is 13.0. The van der Waals surface area contributed by atoms with Crippen molar-refractivity contribution in [2.24, 2.45) is 7.05 Å². The molecule has 3 heterocycles. The Kier molecular flexibility index (Phi) is 6.22. The molecule has 1 aliphatic rings. The second-order valence-corrected chi connectivity index (χ2v) is 9.65. The highest BCUT2D eigenvalue weighted by atomic mass is 35.5. The lowest BCUT2D eigenvalue weighted by atomic mass is 10.3. The van der Waals surface area contributed by atoms with E-state index in [0.717, 1.165) is 0 Å². The maximum atomic E-state index is 13.0. The van der Waals surface area contributed by atoms with Crippen molar-refractivity contribution in [1.82, 2.24) is 28.8 Å². The number of halogens is 1. The summed E-state index contributed by atoms with van der Waals surface area (Å²) in [5, 5.41) is 8.66. The fraction of sp³-hybridized carbons (Fsp3) is 0.350. The van der Waals surface area contributed by atoms with E-state index >= 15 is 0 Å². The summed E-state index contributed by atoms with van der Waals surface area (Å²) in [6.07, 6.45) is 2.88. The predicted octanol–water partition coefficient (Wildman–Crippen LogP) is 1.76. The highest BCUT2D eigenvalue weighted by Gasteiger charge is 2.33. The Morgan fingerprint density at radius 3 is 2.50 bits per heavy atom. The van der Waals surface area contributed by atoms with Crippen LogP contribution in [-0.2, 0) is 23.8 Å². The smallest absolute Gasteiger partial charge is 0.272 e. The van der Waals surface area contributed by atoms with Crippen molar-refractivity contribution >= 4 is 27.5 Å². The summed E-state index contributed by atoms with van der Waals surface area (Å²) in [7, 11) is -1.97. The van der Waals surface area contributed by atoms with E-state index in [1.54, 1.807) is 49.2 Å². The molecule has 0 unspecified atom stereocenters. The Balaban J connectivity index is 1.41. The van der Waals surface area contributed by atoms with Crippen LogP contribution in [0.1, 0.15) is 16.2 Å². The molecule has 1 aromatic carbocycles.